The van der Waals surface area contributed by atoms with Crippen molar-refractivity contribution in [3.8, 4) is 0 Å². The number of amides is 2. The van der Waals surface area contributed by atoms with E-state index in [-0.39, 0.29) is 24.0 Å². The van der Waals surface area contributed by atoms with Gasteiger partial charge in [0.15, 0.2) is 13.9 Å². The van der Waals surface area contributed by atoms with Gasteiger partial charge in [-0.2, -0.15) is 0 Å². The Bertz CT molecular complexity index is 1090. The standard InChI is InChI=1S/C25H32N2O6Si/c1-15-22(34(3,4)32)21(12-13-28)33-25(15)19-14-17(26-23(30)16(2)29)10-11-20(19)27(24(25)31)18-8-6-5-7-9-18/h5-11,14-16,21-22,28-29,32H,12-13H2,1-4H3,(H,26,30)/t15-,16-,21+,22-,25+/m0/s1. The van der Waals surface area contributed by atoms with E-state index in [0.29, 0.717) is 29.0 Å². The SMILES string of the molecule is C[C@H](O)C(=O)Nc1ccc2c(c1)[C@@]1(O[C@H](CCO)[C@@H]([Si](C)(C)O)[C@@H]1C)C(=O)N2c1ccccc1. The van der Waals surface area contributed by atoms with Crippen LogP contribution in [0.15, 0.2) is 48.5 Å². The van der Waals surface area contributed by atoms with Gasteiger partial charge in [-0.25, -0.2) is 0 Å². The van der Waals surface area contributed by atoms with Crippen molar-refractivity contribution in [1.29, 1.82) is 0 Å². The molecule has 2 heterocycles. The van der Waals surface area contributed by atoms with Crippen LogP contribution in [0, 0.1) is 5.92 Å². The van der Waals surface area contributed by atoms with Crippen LogP contribution in [0.2, 0.25) is 18.6 Å². The van der Waals surface area contributed by atoms with Crippen molar-refractivity contribution in [2.75, 3.05) is 16.8 Å². The number of benzene rings is 2. The number of nitrogens with one attached hydrogen (secondary N) is 1. The van der Waals surface area contributed by atoms with E-state index >= 15 is 0 Å². The molecule has 1 fully saturated rings. The maximum atomic E-state index is 14.2. The highest BCUT2D eigenvalue weighted by Crippen LogP contribution is 2.60. The molecule has 0 unspecified atom stereocenters. The number of nitrogens with zero attached hydrogens (tertiary/aromatic N) is 1. The van der Waals surface area contributed by atoms with Crippen LogP contribution < -0.4 is 10.2 Å². The number of hydrogen-bond donors (Lipinski definition) is 4. The molecule has 0 bridgehead atoms. The lowest BCUT2D eigenvalue weighted by Gasteiger charge is -2.32. The first-order valence-corrected chi connectivity index (χ1v) is 14.6. The van der Waals surface area contributed by atoms with Crippen LogP contribution in [0.1, 0.15) is 25.8 Å². The van der Waals surface area contributed by atoms with E-state index in [1.807, 2.05) is 50.3 Å². The number of ether oxygens (including phenoxy) is 1. The zero-order valence-corrected chi connectivity index (χ0v) is 20.9. The van der Waals surface area contributed by atoms with Crippen LogP contribution in [0.5, 0.6) is 0 Å². The molecule has 2 aromatic rings. The molecule has 0 aromatic heterocycles. The number of anilines is 3. The Kier molecular flexibility index (Phi) is 6.43. The van der Waals surface area contributed by atoms with E-state index in [9.17, 15) is 24.6 Å². The van der Waals surface area contributed by atoms with Crippen molar-refractivity contribution in [3.63, 3.8) is 0 Å². The molecule has 9 heteroatoms. The molecule has 4 N–H and O–H groups in total. The number of carbonyl (C=O) groups excluding carboxylic acids is 2. The van der Waals surface area contributed by atoms with Crippen LogP contribution in [-0.2, 0) is 19.9 Å². The summed E-state index contributed by atoms with van der Waals surface area (Å²) in [5.41, 5.74) is 0.687. The van der Waals surface area contributed by atoms with Crippen LogP contribution in [0.25, 0.3) is 0 Å². The summed E-state index contributed by atoms with van der Waals surface area (Å²) in [5.74, 6) is -1.19. The number of carbonyl (C=O) groups is 2. The lowest BCUT2D eigenvalue weighted by molar-refractivity contribution is -0.145. The average Bonchev–Trinajstić information content (AvgIpc) is 3.20. The quantitative estimate of drug-likeness (QED) is 0.468. The van der Waals surface area contributed by atoms with Gasteiger partial charge in [-0.15, -0.1) is 0 Å². The molecule has 1 saturated heterocycles. The number of rotatable bonds is 6. The van der Waals surface area contributed by atoms with Gasteiger partial charge in [0.2, 0.25) is 0 Å². The zero-order valence-electron chi connectivity index (χ0n) is 19.9. The fourth-order valence-corrected chi connectivity index (χ4v) is 8.16. The fourth-order valence-electron chi connectivity index (χ4n) is 5.56. The Morgan fingerprint density at radius 3 is 2.50 bits per heavy atom. The summed E-state index contributed by atoms with van der Waals surface area (Å²) in [6, 6.07) is 14.4. The summed E-state index contributed by atoms with van der Waals surface area (Å²) in [5, 5.41) is 22.0. The van der Waals surface area contributed by atoms with Gasteiger partial charge in [0.1, 0.15) is 6.10 Å². The Labute approximate surface area is 200 Å². The van der Waals surface area contributed by atoms with Crippen molar-refractivity contribution in [2.45, 2.75) is 56.7 Å². The maximum absolute atomic E-state index is 14.2. The molecule has 4 rings (SSSR count). The smallest absolute Gasteiger partial charge is 0.268 e. The summed E-state index contributed by atoms with van der Waals surface area (Å²) in [6.45, 7) is 6.84. The summed E-state index contributed by atoms with van der Waals surface area (Å²) in [4.78, 5) is 39.1. The van der Waals surface area contributed by atoms with Gasteiger partial charge < -0.3 is 25.1 Å². The first-order chi connectivity index (χ1) is 16.0. The maximum Gasteiger partial charge on any atom is 0.268 e. The van der Waals surface area contributed by atoms with Gasteiger partial charge >= 0.3 is 0 Å². The van der Waals surface area contributed by atoms with E-state index in [2.05, 4.69) is 5.32 Å². The van der Waals surface area contributed by atoms with Crippen LogP contribution in [-0.4, -0.2) is 54.0 Å². The summed E-state index contributed by atoms with van der Waals surface area (Å²) in [7, 11) is -2.80. The highest BCUT2D eigenvalue weighted by molar-refractivity contribution is 6.71. The molecule has 0 aliphatic carbocycles. The van der Waals surface area contributed by atoms with Crippen LogP contribution in [0.3, 0.4) is 0 Å². The third-order valence-electron chi connectivity index (χ3n) is 6.97. The van der Waals surface area contributed by atoms with Crippen molar-refractivity contribution >= 4 is 37.2 Å². The van der Waals surface area contributed by atoms with Gasteiger partial charge in [0, 0.05) is 35.0 Å². The molecule has 34 heavy (non-hydrogen) atoms. The Hall–Kier alpha value is -2.56. The van der Waals surface area contributed by atoms with Gasteiger partial charge in [-0.1, -0.05) is 25.1 Å². The largest absolute Gasteiger partial charge is 0.432 e. The lowest BCUT2D eigenvalue weighted by atomic mass is 9.82. The van der Waals surface area contributed by atoms with Crippen LogP contribution in [0.4, 0.5) is 17.1 Å². The number of fused-ring (bicyclic) bond motifs is 2. The lowest BCUT2D eigenvalue weighted by Crippen LogP contribution is -2.45. The van der Waals surface area contributed by atoms with E-state index in [0.717, 1.165) is 0 Å². The number of aliphatic hydroxyl groups is 2. The van der Waals surface area contributed by atoms with Crippen LogP contribution >= 0.6 is 0 Å². The van der Waals surface area contributed by atoms with Crippen molar-refractivity contribution in [2.24, 2.45) is 5.92 Å². The summed E-state index contributed by atoms with van der Waals surface area (Å²) >= 11 is 0. The van der Waals surface area contributed by atoms with Gasteiger partial charge in [0.05, 0.1) is 11.8 Å². The normalized spacial score (nSPS) is 27.2. The first-order valence-electron chi connectivity index (χ1n) is 11.6. The second-order valence-corrected chi connectivity index (χ2v) is 13.7. The molecule has 2 aliphatic heterocycles. The van der Waals surface area contributed by atoms with Gasteiger partial charge in [0.25, 0.3) is 11.8 Å². The number of aliphatic hydroxyl groups excluding tert-OH is 2. The average molecular weight is 485 g/mol. The third kappa shape index (κ3) is 3.87. The zero-order chi connectivity index (χ0) is 24.8. The van der Waals surface area contributed by atoms with E-state index in [4.69, 9.17) is 4.74 Å². The molecule has 5 atom stereocenters. The predicted molar refractivity (Wildman–Crippen MR) is 131 cm³/mol. The number of para-hydroxylation sites is 1. The molecule has 2 aliphatic rings. The fraction of sp³-hybridized carbons (Fsp3) is 0.440. The minimum Gasteiger partial charge on any atom is -0.432 e. The van der Waals surface area contributed by atoms with Gasteiger partial charge in [-0.3, -0.25) is 14.5 Å². The topological polar surface area (TPSA) is 119 Å². The highest BCUT2D eigenvalue weighted by atomic mass is 28.4. The summed E-state index contributed by atoms with van der Waals surface area (Å²) < 4.78 is 6.56. The Balaban J connectivity index is 1.90. The monoisotopic (exact) mass is 484 g/mol. The molecule has 0 radical (unpaired) electrons. The third-order valence-corrected chi connectivity index (χ3v) is 9.47. The van der Waals surface area contributed by atoms with Crippen molar-refractivity contribution in [3.05, 3.63) is 54.1 Å². The van der Waals surface area contributed by atoms with Crippen molar-refractivity contribution in [1.82, 2.24) is 0 Å². The second-order valence-electron chi connectivity index (χ2n) is 9.75. The van der Waals surface area contributed by atoms with E-state index in [1.54, 1.807) is 23.1 Å². The van der Waals surface area contributed by atoms with Gasteiger partial charge in [-0.05, 0) is 56.8 Å². The molecule has 2 amide bonds. The molecule has 182 valence electrons. The molecule has 0 saturated carbocycles. The molecular formula is C25H32N2O6Si. The second kappa shape index (κ2) is 8.90. The minimum absolute atomic E-state index is 0.123. The Morgan fingerprint density at radius 2 is 1.91 bits per heavy atom. The number of hydrogen-bond acceptors (Lipinski definition) is 6. The van der Waals surface area contributed by atoms with E-state index < -0.39 is 32.0 Å². The first kappa shape index (κ1) is 24.6. The molecular weight excluding hydrogens is 452 g/mol. The highest BCUT2D eigenvalue weighted by Gasteiger charge is 2.66. The van der Waals surface area contributed by atoms with Crippen molar-refractivity contribution < 1.29 is 29.3 Å². The summed E-state index contributed by atoms with van der Waals surface area (Å²) in [6.07, 6.45) is -1.37. The minimum atomic E-state index is -2.80. The molecule has 2 aromatic carbocycles. The Morgan fingerprint density at radius 1 is 1.24 bits per heavy atom. The predicted octanol–water partition coefficient (Wildman–Crippen LogP) is 2.86. The molecule has 8 nitrogen and oxygen atoms in total. The van der Waals surface area contributed by atoms with E-state index in [1.165, 1.54) is 6.92 Å². The molecule has 1 spiro atoms.